The van der Waals surface area contributed by atoms with E-state index in [1.54, 1.807) is 12.1 Å². The Labute approximate surface area is 220 Å². The molecule has 1 aliphatic heterocycles. The third kappa shape index (κ3) is 6.10. The molecule has 2 aliphatic rings. The molecule has 2 N–H and O–H groups in total. The Balaban J connectivity index is 1.35. The monoisotopic (exact) mass is 523 g/mol. The van der Waals surface area contributed by atoms with Crippen molar-refractivity contribution in [2.75, 3.05) is 13.4 Å². The van der Waals surface area contributed by atoms with E-state index >= 15 is 0 Å². The summed E-state index contributed by atoms with van der Waals surface area (Å²) < 4.78 is 16.7. The first-order chi connectivity index (χ1) is 18.0. The van der Waals surface area contributed by atoms with Crippen molar-refractivity contribution in [3.8, 4) is 17.2 Å². The highest BCUT2D eigenvalue weighted by atomic mass is 35.5. The van der Waals surface area contributed by atoms with Crippen LogP contribution in [0, 0.1) is 0 Å². The molecule has 0 aromatic heterocycles. The molecular formula is C29H30ClNO6. The van der Waals surface area contributed by atoms with Gasteiger partial charge in [-0.3, -0.25) is 9.59 Å². The van der Waals surface area contributed by atoms with Gasteiger partial charge in [0.05, 0.1) is 6.42 Å². The minimum atomic E-state index is -0.935. The van der Waals surface area contributed by atoms with E-state index in [1.165, 1.54) is 12.8 Å². The summed E-state index contributed by atoms with van der Waals surface area (Å²) in [5.41, 5.74) is 1.47. The van der Waals surface area contributed by atoms with Crippen LogP contribution in [0.3, 0.4) is 0 Å². The van der Waals surface area contributed by atoms with Crippen LogP contribution in [-0.4, -0.2) is 36.4 Å². The first-order valence-electron chi connectivity index (χ1n) is 12.7. The van der Waals surface area contributed by atoms with Gasteiger partial charge >= 0.3 is 5.97 Å². The number of rotatable bonds is 8. The van der Waals surface area contributed by atoms with Crippen molar-refractivity contribution in [1.29, 1.82) is 0 Å². The largest absolute Gasteiger partial charge is 0.484 e. The maximum absolute atomic E-state index is 12.5. The molecule has 0 radical (unpaired) electrons. The van der Waals surface area contributed by atoms with Gasteiger partial charge in [0.1, 0.15) is 5.75 Å². The van der Waals surface area contributed by atoms with Gasteiger partial charge in [0.2, 0.25) is 6.79 Å². The number of carbonyl (C=O) groups excluding carboxylic acids is 1. The van der Waals surface area contributed by atoms with Gasteiger partial charge in [-0.2, -0.15) is 0 Å². The fraction of sp³-hybridized carbons (Fsp3) is 0.379. The van der Waals surface area contributed by atoms with Crippen molar-refractivity contribution in [3.05, 3.63) is 64.7 Å². The van der Waals surface area contributed by atoms with E-state index in [0.717, 1.165) is 42.0 Å². The van der Waals surface area contributed by atoms with Gasteiger partial charge in [-0.15, -0.1) is 0 Å². The molecule has 3 aromatic rings. The van der Waals surface area contributed by atoms with Gasteiger partial charge < -0.3 is 24.6 Å². The average Bonchev–Trinajstić information content (AvgIpc) is 3.18. The number of fused-ring (bicyclic) bond motifs is 2. The van der Waals surface area contributed by atoms with Crippen LogP contribution in [0.4, 0.5) is 0 Å². The number of ether oxygens (including phenoxy) is 3. The Morgan fingerprint density at radius 2 is 1.70 bits per heavy atom. The van der Waals surface area contributed by atoms with Crippen molar-refractivity contribution in [2.45, 2.75) is 56.9 Å². The van der Waals surface area contributed by atoms with Crippen molar-refractivity contribution in [1.82, 2.24) is 5.32 Å². The number of halogens is 1. The van der Waals surface area contributed by atoms with Gasteiger partial charge in [0, 0.05) is 23.0 Å². The fourth-order valence-electron chi connectivity index (χ4n) is 5.17. The van der Waals surface area contributed by atoms with Crippen LogP contribution in [0.2, 0.25) is 5.02 Å². The first-order valence-corrected chi connectivity index (χ1v) is 13.1. The van der Waals surface area contributed by atoms with Crippen molar-refractivity contribution in [2.24, 2.45) is 0 Å². The third-order valence-electron chi connectivity index (χ3n) is 7.07. The van der Waals surface area contributed by atoms with Gasteiger partial charge in [-0.05, 0) is 52.9 Å². The molecule has 8 heteroatoms. The molecule has 1 amide bonds. The third-order valence-corrected chi connectivity index (χ3v) is 7.40. The Bertz CT molecular complexity index is 1300. The van der Waals surface area contributed by atoms with Gasteiger partial charge in [0.25, 0.3) is 5.91 Å². The predicted molar refractivity (Wildman–Crippen MR) is 141 cm³/mol. The molecule has 1 fully saturated rings. The molecule has 1 unspecified atom stereocenters. The summed E-state index contributed by atoms with van der Waals surface area (Å²) in [6, 6.07) is 15.1. The fourth-order valence-corrected chi connectivity index (χ4v) is 5.46. The zero-order valence-corrected chi connectivity index (χ0v) is 21.3. The van der Waals surface area contributed by atoms with Crippen LogP contribution in [0.25, 0.3) is 10.8 Å². The predicted octanol–water partition coefficient (Wildman–Crippen LogP) is 6.05. The lowest BCUT2D eigenvalue weighted by molar-refractivity contribution is -0.137. The van der Waals surface area contributed by atoms with Crippen LogP contribution in [0.1, 0.15) is 62.0 Å². The first kappa shape index (κ1) is 25.2. The number of hydrogen-bond acceptors (Lipinski definition) is 5. The van der Waals surface area contributed by atoms with Crippen molar-refractivity contribution < 1.29 is 28.9 Å². The maximum atomic E-state index is 12.5. The van der Waals surface area contributed by atoms with E-state index in [4.69, 9.17) is 25.8 Å². The molecule has 1 heterocycles. The van der Waals surface area contributed by atoms with E-state index in [1.807, 2.05) is 36.4 Å². The van der Waals surface area contributed by atoms with E-state index in [-0.39, 0.29) is 31.8 Å². The number of carbonyl (C=O) groups is 2. The lowest BCUT2D eigenvalue weighted by atomic mass is 9.87. The zero-order chi connectivity index (χ0) is 25.8. The number of hydrogen-bond donors (Lipinski definition) is 2. The van der Waals surface area contributed by atoms with Gasteiger partial charge in [0.15, 0.2) is 18.1 Å². The quantitative estimate of drug-likeness (QED) is 0.349. The molecule has 5 rings (SSSR count). The molecule has 0 bridgehead atoms. The summed E-state index contributed by atoms with van der Waals surface area (Å²) in [5.74, 6) is 0.144. The summed E-state index contributed by atoms with van der Waals surface area (Å²) in [5, 5.41) is 15.0. The lowest BCUT2D eigenvalue weighted by Crippen LogP contribution is -2.37. The van der Waals surface area contributed by atoms with Crippen LogP contribution < -0.4 is 19.5 Å². The summed E-state index contributed by atoms with van der Waals surface area (Å²) in [6.07, 6.45) is 6.68. The summed E-state index contributed by atoms with van der Waals surface area (Å²) in [4.78, 5) is 24.2. The van der Waals surface area contributed by atoms with Crippen molar-refractivity contribution in [3.63, 3.8) is 0 Å². The van der Waals surface area contributed by atoms with E-state index in [0.29, 0.717) is 27.8 Å². The smallest absolute Gasteiger partial charge is 0.304 e. The number of nitrogens with one attached hydrogen (secondary N) is 1. The molecule has 0 saturated heterocycles. The SMILES string of the molecule is O=C(O)CC(c1ccc2ccc(OCC(=O)NC3CCCCCC3)cc2c1)c1cc2c(cc1Cl)OCO2. The second-order valence-electron chi connectivity index (χ2n) is 9.69. The molecule has 194 valence electrons. The Kier molecular flexibility index (Phi) is 7.70. The number of aliphatic carboxylic acids is 1. The van der Waals surface area contributed by atoms with Crippen LogP contribution in [0.15, 0.2) is 48.5 Å². The van der Waals surface area contributed by atoms with Crippen LogP contribution in [0.5, 0.6) is 17.2 Å². The highest BCUT2D eigenvalue weighted by Gasteiger charge is 2.25. The molecule has 3 aromatic carbocycles. The highest BCUT2D eigenvalue weighted by molar-refractivity contribution is 6.31. The highest BCUT2D eigenvalue weighted by Crippen LogP contribution is 2.42. The molecule has 0 spiro atoms. The normalized spacial score (nSPS) is 16.2. The average molecular weight is 524 g/mol. The number of carboxylic acid groups (broad SMARTS) is 1. The van der Waals surface area contributed by atoms with Crippen LogP contribution >= 0.6 is 11.6 Å². The maximum Gasteiger partial charge on any atom is 0.304 e. The second kappa shape index (κ2) is 11.3. The topological polar surface area (TPSA) is 94.1 Å². The Morgan fingerprint density at radius 3 is 2.46 bits per heavy atom. The second-order valence-corrected chi connectivity index (χ2v) is 10.1. The molecule has 1 atom stereocenters. The van der Waals surface area contributed by atoms with Crippen molar-refractivity contribution >= 4 is 34.2 Å². The van der Waals surface area contributed by atoms with E-state index < -0.39 is 11.9 Å². The Morgan fingerprint density at radius 1 is 0.973 bits per heavy atom. The molecule has 37 heavy (non-hydrogen) atoms. The molecule has 1 saturated carbocycles. The summed E-state index contributed by atoms with van der Waals surface area (Å²) in [6.45, 7) is 0.0618. The molecule has 7 nitrogen and oxygen atoms in total. The minimum absolute atomic E-state index is 0.0455. The van der Waals surface area contributed by atoms with E-state index in [2.05, 4.69) is 5.32 Å². The number of benzene rings is 3. The summed E-state index contributed by atoms with van der Waals surface area (Å²) in [7, 11) is 0. The number of amides is 1. The molecule has 1 aliphatic carbocycles. The minimum Gasteiger partial charge on any atom is -0.484 e. The number of carboxylic acids is 1. The molecular weight excluding hydrogens is 494 g/mol. The standard InChI is InChI=1S/C29H30ClNO6/c30-25-15-27-26(36-17-37-27)13-24(25)23(14-29(33)34)19-8-7-18-9-10-22(12-20(18)11-19)35-16-28(32)31-21-5-3-1-2-4-6-21/h7-13,15,21,23H,1-6,14,16-17H2,(H,31,32)(H,33,34). The van der Waals surface area contributed by atoms with Gasteiger partial charge in [-0.1, -0.05) is 61.5 Å². The van der Waals surface area contributed by atoms with Crippen LogP contribution in [-0.2, 0) is 9.59 Å². The lowest BCUT2D eigenvalue weighted by Gasteiger charge is -2.19. The van der Waals surface area contributed by atoms with Gasteiger partial charge in [-0.25, -0.2) is 0 Å². The Hall–Kier alpha value is -3.45. The summed E-state index contributed by atoms with van der Waals surface area (Å²) >= 11 is 6.54. The van der Waals surface area contributed by atoms with E-state index in [9.17, 15) is 14.7 Å². The zero-order valence-electron chi connectivity index (χ0n) is 20.5.